The highest BCUT2D eigenvalue weighted by Gasteiger charge is 2.21. The van der Waals surface area contributed by atoms with E-state index in [1.54, 1.807) is 33.8 Å². The van der Waals surface area contributed by atoms with Crippen LogP contribution in [0.2, 0.25) is 0 Å². The van der Waals surface area contributed by atoms with Gasteiger partial charge in [0.2, 0.25) is 5.91 Å². The van der Waals surface area contributed by atoms with Gasteiger partial charge in [-0.1, -0.05) is 43.0 Å². The lowest BCUT2D eigenvalue weighted by Crippen LogP contribution is -2.23. The van der Waals surface area contributed by atoms with Crippen LogP contribution in [0.25, 0.3) is 17.1 Å². The van der Waals surface area contributed by atoms with Crippen molar-refractivity contribution in [2.24, 2.45) is 7.05 Å². The standard InChI is InChI=1S/C25H28N6O2S2/c1-6-13-30-23(20-14-34-17(4)19(20)7-2)27-28-25(30)35-15-21(32)26-22-16(3)29(5)31(24(22)33)18-11-9-8-10-12-18/h6,8-12,14H,1,7,13,15H2,2-5H3,(H,26,32). The van der Waals surface area contributed by atoms with Gasteiger partial charge < -0.3 is 5.32 Å². The van der Waals surface area contributed by atoms with Crippen molar-refractivity contribution in [2.45, 2.75) is 38.9 Å². The van der Waals surface area contributed by atoms with Crippen molar-refractivity contribution >= 4 is 34.7 Å². The van der Waals surface area contributed by atoms with Gasteiger partial charge >= 0.3 is 0 Å². The molecule has 1 amide bonds. The van der Waals surface area contributed by atoms with Crippen molar-refractivity contribution in [3.8, 4) is 17.1 Å². The molecule has 0 aliphatic carbocycles. The Morgan fingerprint density at radius 2 is 1.97 bits per heavy atom. The highest BCUT2D eigenvalue weighted by molar-refractivity contribution is 7.99. The van der Waals surface area contributed by atoms with Gasteiger partial charge in [0.05, 0.1) is 17.1 Å². The first-order valence-electron chi connectivity index (χ1n) is 11.2. The van der Waals surface area contributed by atoms with Crippen LogP contribution in [0.1, 0.15) is 23.1 Å². The summed E-state index contributed by atoms with van der Waals surface area (Å²) in [7, 11) is 1.80. The van der Waals surface area contributed by atoms with Crippen LogP contribution >= 0.6 is 23.1 Å². The summed E-state index contributed by atoms with van der Waals surface area (Å²) >= 11 is 2.99. The molecular weight excluding hydrogens is 480 g/mol. The summed E-state index contributed by atoms with van der Waals surface area (Å²) in [5, 5.41) is 14.3. The molecule has 3 heterocycles. The number of para-hydroxylation sites is 1. The van der Waals surface area contributed by atoms with Crippen LogP contribution in [0.3, 0.4) is 0 Å². The number of allylic oxidation sites excluding steroid dienone is 1. The number of nitrogens with one attached hydrogen (secondary N) is 1. The number of thioether (sulfide) groups is 1. The first-order valence-corrected chi connectivity index (χ1v) is 13.1. The quantitative estimate of drug-likeness (QED) is 0.264. The highest BCUT2D eigenvalue weighted by atomic mass is 32.2. The van der Waals surface area contributed by atoms with Crippen molar-refractivity contribution < 1.29 is 4.79 Å². The minimum atomic E-state index is -0.281. The summed E-state index contributed by atoms with van der Waals surface area (Å²) in [6.45, 7) is 10.4. The number of aryl methyl sites for hydroxylation is 1. The van der Waals surface area contributed by atoms with E-state index in [-0.39, 0.29) is 22.9 Å². The van der Waals surface area contributed by atoms with E-state index in [0.29, 0.717) is 17.4 Å². The van der Waals surface area contributed by atoms with Crippen molar-refractivity contribution in [3.05, 3.63) is 74.9 Å². The zero-order valence-corrected chi connectivity index (χ0v) is 21.9. The van der Waals surface area contributed by atoms with Crippen LogP contribution < -0.4 is 10.9 Å². The van der Waals surface area contributed by atoms with Crippen LogP contribution in [-0.2, 0) is 24.8 Å². The third kappa shape index (κ3) is 4.76. The molecule has 35 heavy (non-hydrogen) atoms. The van der Waals surface area contributed by atoms with Gasteiger partial charge in [-0.15, -0.1) is 28.1 Å². The molecule has 1 aromatic carbocycles. The SMILES string of the molecule is C=CCn1c(SCC(=O)Nc2c(C)n(C)n(-c3ccccc3)c2=O)nnc1-c1csc(C)c1CC. The Labute approximate surface area is 212 Å². The molecule has 3 aromatic heterocycles. The molecule has 1 N–H and O–H groups in total. The van der Waals surface area contributed by atoms with Gasteiger partial charge in [-0.3, -0.25) is 18.8 Å². The maximum absolute atomic E-state index is 13.1. The molecule has 0 atom stereocenters. The molecule has 0 saturated heterocycles. The number of thiophene rings is 1. The normalized spacial score (nSPS) is 11.1. The van der Waals surface area contributed by atoms with Crippen LogP contribution in [0.4, 0.5) is 5.69 Å². The number of aromatic nitrogens is 5. The van der Waals surface area contributed by atoms with E-state index in [9.17, 15) is 9.59 Å². The Morgan fingerprint density at radius 3 is 2.66 bits per heavy atom. The lowest BCUT2D eigenvalue weighted by atomic mass is 10.1. The fourth-order valence-electron chi connectivity index (χ4n) is 4.01. The van der Waals surface area contributed by atoms with Gasteiger partial charge in [0.15, 0.2) is 11.0 Å². The first-order chi connectivity index (χ1) is 16.9. The third-order valence-corrected chi connectivity index (χ3v) is 7.80. The van der Waals surface area contributed by atoms with Gasteiger partial charge in [0.1, 0.15) is 5.69 Å². The van der Waals surface area contributed by atoms with Gasteiger partial charge in [-0.25, -0.2) is 4.68 Å². The average Bonchev–Trinajstić information content (AvgIpc) is 3.49. The average molecular weight is 509 g/mol. The molecule has 0 aliphatic rings. The molecule has 182 valence electrons. The molecule has 0 unspecified atom stereocenters. The number of hydrogen-bond acceptors (Lipinski definition) is 6. The maximum Gasteiger partial charge on any atom is 0.295 e. The predicted molar refractivity (Wildman–Crippen MR) is 143 cm³/mol. The fourth-order valence-corrected chi connectivity index (χ4v) is 5.70. The number of amides is 1. The summed E-state index contributed by atoms with van der Waals surface area (Å²) in [4.78, 5) is 27.2. The summed E-state index contributed by atoms with van der Waals surface area (Å²) in [6.07, 6.45) is 2.70. The third-order valence-electron chi connectivity index (χ3n) is 5.88. The number of hydrogen-bond donors (Lipinski definition) is 1. The van der Waals surface area contributed by atoms with E-state index < -0.39 is 0 Å². The molecule has 10 heteroatoms. The van der Waals surface area contributed by atoms with E-state index in [1.165, 1.54) is 22.2 Å². The number of rotatable bonds is 9. The zero-order chi connectivity index (χ0) is 25.1. The molecule has 0 fully saturated rings. The van der Waals surface area contributed by atoms with E-state index in [1.807, 2.05) is 41.8 Å². The maximum atomic E-state index is 13.1. The van der Waals surface area contributed by atoms with Gasteiger partial charge in [-0.05, 0) is 38.0 Å². The molecular formula is C25H28N6O2S2. The number of nitrogens with zero attached hydrogens (tertiary/aromatic N) is 5. The monoisotopic (exact) mass is 508 g/mol. The highest BCUT2D eigenvalue weighted by Crippen LogP contribution is 2.32. The molecule has 8 nitrogen and oxygen atoms in total. The van der Waals surface area contributed by atoms with Gasteiger partial charge in [0, 0.05) is 29.4 Å². The summed E-state index contributed by atoms with van der Waals surface area (Å²) in [5.74, 6) is 0.590. The Morgan fingerprint density at radius 1 is 1.23 bits per heavy atom. The van der Waals surface area contributed by atoms with E-state index in [4.69, 9.17) is 0 Å². The molecule has 0 radical (unpaired) electrons. The first kappa shape index (κ1) is 24.7. The summed E-state index contributed by atoms with van der Waals surface area (Å²) in [6, 6.07) is 9.33. The number of benzene rings is 1. The van der Waals surface area contributed by atoms with Crippen LogP contribution in [0.5, 0.6) is 0 Å². The van der Waals surface area contributed by atoms with Crippen molar-refractivity contribution in [1.82, 2.24) is 24.1 Å². The number of anilines is 1. The lowest BCUT2D eigenvalue weighted by molar-refractivity contribution is -0.113. The lowest BCUT2D eigenvalue weighted by Gasteiger charge is -2.08. The minimum absolute atomic E-state index is 0.0949. The Balaban J connectivity index is 1.54. The van der Waals surface area contributed by atoms with Crippen molar-refractivity contribution in [2.75, 3.05) is 11.1 Å². The van der Waals surface area contributed by atoms with Gasteiger partial charge in [0.25, 0.3) is 5.56 Å². The van der Waals surface area contributed by atoms with E-state index in [2.05, 4.69) is 41.3 Å². The smallest absolute Gasteiger partial charge is 0.295 e. The fraction of sp³-hybridized carbons (Fsp3) is 0.280. The zero-order valence-electron chi connectivity index (χ0n) is 20.2. The second-order valence-electron chi connectivity index (χ2n) is 8.02. The van der Waals surface area contributed by atoms with Crippen LogP contribution in [0.15, 0.2) is 58.3 Å². The molecule has 0 saturated carbocycles. The molecule has 4 aromatic rings. The Hall–Kier alpha value is -3.37. The predicted octanol–water partition coefficient (Wildman–Crippen LogP) is 4.59. The Bertz CT molecular complexity index is 1430. The number of carbonyl (C=O) groups is 1. The largest absolute Gasteiger partial charge is 0.319 e. The molecule has 0 bridgehead atoms. The number of carbonyl (C=O) groups excluding carboxylic acids is 1. The summed E-state index contributed by atoms with van der Waals surface area (Å²) in [5.41, 5.74) is 3.74. The molecule has 4 rings (SSSR count). The second-order valence-corrected chi connectivity index (χ2v) is 10.0. The van der Waals surface area contributed by atoms with Crippen molar-refractivity contribution in [3.63, 3.8) is 0 Å². The Kier molecular flexibility index (Phi) is 7.42. The second kappa shape index (κ2) is 10.5. The molecule has 0 aliphatic heterocycles. The van der Waals surface area contributed by atoms with Gasteiger partial charge in [-0.2, -0.15) is 0 Å². The van der Waals surface area contributed by atoms with E-state index in [0.717, 1.165) is 23.5 Å². The van der Waals surface area contributed by atoms with E-state index >= 15 is 0 Å². The topological polar surface area (TPSA) is 86.7 Å². The van der Waals surface area contributed by atoms with Crippen LogP contribution in [-0.4, -0.2) is 35.8 Å². The minimum Gasteiger partial charge on any atom is -0.319 e. The van der Waals surface area contributed by atoms with Crippen molar-refractivity contribution in [1.29, 1.82) is 0 Å². The molecule has 0 spiro atoms. The van der Waals surface area contributed by atoms with Crippen LogP contribution in [0, 0.1) is 13.8 Å². The summed E-state index contributed by atoms with van der Waals surface area (Å²) < 4.78 is 5.25.